The van der Waals surface area contributed by atoms with E-state index in [1.807, 2.05) is 47.9 Å². The molecule has 1 saturated heterocycles. The first kappa shape index (κ1) is 17.0. The molecule has 24 heavy (non-hydrogen) atoms. The van der Waals surface area contributed by atoms with Crippen LogP contribution in [0.5, 0.6) is 0 Å². The number of hydrogen-bond donors (Lipinski definition) is 0. The molecule has 6 heteroatoms. The van der Waals surface area contributed by atoms with E-state index in [0.717, 1.165) is 49.7 Å². The van der Waals surface area contributed by atoms with Crippen molar-refractivity contribution in [2.45, 2.75) is 31.7 Å². The van der Waals surface area contributed by atoms with E-state index in [1.54, 1.807) is 11.8 Å². The highest BCUT2D eigenvalue weighted by atomic mass is 32.2. The van der Waals surface area contributed by atoms with Crippen LogP contribution in [0.4, 0.5) is 0 Å². The highest BCUT2D eigenvalue weighted by Crippen LogP contribution is 2.26. The van der Waals surface area contributed by atoms with Crippen molar-refractivity contribution in [1.29, 1.82) is 0 Å². The summed E-state index contributed by atoms with van der Waals surface area (Å²) in [6.45, 7) is 2.39. The van der Waals surface area contributed by atoms with Crippen LogP contribution in [0.1, 0.15) is 36.7 Å². The summed E-state index contributed by atoms with van der Waals surface area (Å²) in [5.41, 5.74) is 1.03. The molecule has 0 unspecified atom stereocenters. The number of carbonyl (C=O) groups is 1. The van der Waals surface area contributed by atoms with Crippen LogP contribution in [-0.4, -0.2) is 50.4 Å². The van der Waals surface area contributed by atoms with Gasteiger partial charge in [-0.2, -0.15) is 11.8 Å². The van der Waals surface area contributed by atoms with Gasteiger partial charge in [-0.15, -0.1) is 0 Å². The number of hydrogen-bond acceptors (Lipinski definition) is 4. The molecular weight excluding hydrogens is 320 g/mol. The normalized spacial score (nSPS) is 17.9. The molecular formula is C18H24N4OS. The van der Waals surface area contributed by atoms with E-state index < -0.39 is 0 Å². The fourth-order valence-corrected chi connectivity index (χ4v) is 3.62. The van der Waals surface area contributed by atoms with Gasteiger partial charge in [-0.05, 0) is 31.2 Å². The number of piperidine rings is 1. The van der Waals surface area contributed by atoms with E-state index in [4.69, 9.17) is 0 Å². The molecule has 3 rings (SSSR count). The first-order valence-electron chi connectivity index (χ1n) is 8.45. The molecule has 0 bridgehead atoms. The van der Waals surface area contributed by atoms with Gasteiger partial charge >= 0.3 is 0 Å². The molecule has 0 aliphatic carbocycles. The van der Waals surface area contributed by atoms with E-state index in [2.05, 4.69) is 14.5 Å². The molecule has 0 N–H and O–H groups in total. The number of imidazole rings is 1. The molecule has 0 saturated carbocycles. The molecule has 1 aliphatic rings. The van der Waals surface area contributed by atoms with Crippen LogP contribution < -0.4 is 0 Å². The number of amides is 1. The minimum absolute atomic E-state index is 0.275. The number of rotatable bonds is 6. The third-order valence-electron chi connectivity index (χ3n) is 4.47. The van der Waals surface area contributed by atoms with Crippen LogP contribution >= 0.6 is 11.8 Å². The van der Waals surface area contributed by atoms with Gasteiger partial charge in [0.15, 0.2) is 0 Å². The Kier molecular flexibility index (Phi) is 5.91. The standard InChI is InChI=1S/C18H24N4OS/c1-24-12-7-17(23)21-10-4-5-15(13-21)18-20-9-11-22(18)14-16-6-2-3-8-19-16/h2-3,6,8-9,11,15H,4-5,7,10,12-14H2,1H3/t15-/m0/s1. The van der Waals surface area contributed by atoms with E-state index >= 15 is 0 Å². The van der Waals surface area contributed by atoms with Gasteiger partial charge in [-0.3, -0.25) is 9.78 Å². The molecule has 2 aromatic rings. The topological polar surface area (TPSA) is 51.0 Å². The summed E-state index contributed by atoms with van der Waals surface area (Å²) >= 11 is 1.73. The summed E-state index contributed by atoms with van der Waals surface area (Å²) in [4.78, 5) is 23.3. The minimum Gasteiger partial charge on any atom is -0.342 e. The van der Waals surface area contributed by atoms with Crippen LogP contribution in [0.25, 0.3) is 0 Å². The van der Waals surface area contributed by atoms with Crippen molar-refractivity contribution in [2.75, 3.05) is 25.1 Å². The van der Waals surface area contributed by atoms with Crippen LogP contribution in [0.2, 0.25) is 0 Å². The SMILES string of the molecule is CSCCC(=O)N1CCC[C@H](c2nccn2Cc2ccccn2)C1. The quantitative estimate of drug-likeness (QED) is 0.808. The average Bonchev–Trinajstić information content (AvgIpc) is 3.09. The molecule has 3 heterocycles. The number of nitrogens with zero attached hydrogens (tertiary/aromatic N) is 4. The second kappa shape index (κ2) is 8.33. The molecule has 1 aliphatic heterocycles. The lowest BCUT2D eigenvalue weighted by molar-refractivity contribution is -0.132. The fraction of sp³-hybridized carbons (Fsp3) is 0.500. The highest BCUT2D eigenvalue weighted by Gasteiger charge is 2.27. The van der Waals surface area contributed by atoms with Gasteiger partial charge in [-0.25, -0.2) is 4.98 Å². The van der Waals surface area contributed by atoms with Crippen LogP contribution in [0.15, 0.2) is 36.8 Å². The third-order valence-corrected chi connectivity index (χ3v) is 5.08. The first-order valence-corrected chi connectivity index (χ1v) is 9.85. The van der Waals surface area contributed by atoms with Crippen molar-refractivity contribution >= 4 is 17.7 Å². The molecule has 0 radical (unpaired) electrons. The Balaban J connectivity index is 1.68. The van der Waals surface area contributed by atoms with Gasteiger partial charge in [-0.1, -0.05) is 6.07 Å². The highest BCUT2D eigenvalue weighted by molar-refractivity contribution is 7.98. The van der Waals surface area contributed by atoms with Gasteiger partial charge in [0, 0.05) is 49.8 Å². The molecule has 0 aromatic carbocycles. The Morgan fingerprint density at radius 3 is 3.04 bits per heavy atom. The number of thioether (sulfide) groups is 1. The lowest BCUT2D eigenvalue weighted by atomic mass is 9.97. The van der Waals surface area contributed by atoms with Crippen LogP contribution in [-0.2, 0) is 11.3 Å². The van der Waals surface area contributed by atoms with Crippen molar-refractivity contribution in [2.24, 2.45) is 0 Å². The number of pyridine rings is 1. The Morgan fingerprint density at radius 2 is 2.25 bits per heavy atom. The van der Waals surface area contributed by atoms with E-state index in [1.165, 1.54) is 0 Å². The summed E-state index contributed by atoms with van der Waals surface area (Å²) in [6.07, 6.45) is 10.5. The summed E-state index contributed by atoms with van der Waals surface area (Å²) < 4.78 is 2.17. The molecule has 128 valence electrons. The Bertz CT molecular complexity index is 658. The maximum Gasteiger partial charge on any atom is 0.223 e. The largest absolute Gasteiger partial charge is 0.342 e. The maximum atomic E-state index is 12.3. The lowest BCUT2D eigenvalue weighted by Crippen LogP contribution is -2.40. The minimum atomic E-state index is 0.275. The van der Waals surface area contributed by atoms with E-state index in [0.29, 0.717) is 12.3 Å². The maximum absolute atomic E-state index is 12.3. The predicted molar refractivity (Wildman–Crippen MR) is 97.1 cm³/mol. The summed E-state index contributed by atoms with van der Waals surface area (Å²) in [7, 11) is 0. The van der Waals surface area contributed by atoms with Gasteiger partial charge in [0.2, 0.25) is 5.91 Å². The van der Waals surface area contributed by atoms with Crippen molar-refractivity contribution in [3.05, 3.63) is 48.3 Å². The van der Waals surface area contributed by atoms with Crippen molar-refractivity contribution in [3.63, 3.8) is 0 Å². The Labute approximate surface area is 147 Å². The van der Waals surface area contributed by atoms with E-state index in [9.17, 15) is 4.79 Å². The van der Waals surface area contributed by atoms with Crippen LogP contribution in [0, 0.1) is 0 Å². The third kappa shape index (κ3) is 4.17. The van der Waals surface area contributed by atoms with Gasteiger partial charge in [0.25, 0.3) is 0 Å². The predicted octanol–water partition coefficient (Wildman–Crippen LogP) is 2.79. The zero-order valence-electron chi connectivity index (χ0n) is 14.1. The fourth-order valence-electron chi connectivity index (χ4n) is 3.24. The van der Waals surface area contributed by atoms with Gasteiger partial charge in [0.05, 0.1) is 12.2 Å². The lowest BCUT2D eigenvalue weighted by Gasteiger charge is -2.32. The summed E-state index contributed by atoms with van der Waals surface area (Å²) in [5.74, 6) is 2.56. The summed E-state index contributed by atoms with van der Waals surface area (Å²) in [6, 6.07) is 5.96. The number of carbonyl (C=O) groups excluding carboxylic acids is 1. The Morgan fingerprint density at radius 1 is 1.33 bits per heavy atom. The molecule has 1 atom stereocenters. The second-order valence-electron chi connectivity index (χ2n) is 6.16. The monoisotopic (exact) mass is 344 g/mol. The zero-order chi connectivity index (χ0) is 16.8. The molecule has 0 spiro atoms. The molecule has 1 amide bonds. The van der Waals surface area contributed by atoms with E-state index in [-0.39, 0.29) is 5.91 Å². The van der Waals surface area contributed by atoms with Crippen LogP contribution in [0.3, 0.4) is 0 Å². The van der Waals surface area contributed by atoms with Crippen molar-refractivity contribution in [3.8, 4) is 0 Å². The smallest absolute Gasteiger partial charge is 0.223 e. The van der Waals surface area contributed by atoms with Gasteiger partial charge < -0.3 is 9.47 Å². The molecule has 1 fully saturated rings. The van der Waals surface area contributed by atoms with Gasteiger partial charge in [0.1, 0.15) is 5.82 Å². The summed E-state index contributed by atoms with van der Waals surface area (Å²) in [5, 5.41) is 0. The molecule has 5 nitrogen and oxygen atoms in total. The Hall–Kier alpha value is -1.82. The second-order valence-corrected chi connectivity index (χ2v) is 7.14. The molecule has 2 aromatic heterocycles. The number of aromatic nitrogens is 3. The average molecular weight is 344 g/mol. The first-order chi connectivity index (χ1) is 11.8. The van der Waals surface area contributed by atoms with Crippen molar-refractivity contribution in [1.82, 2.24) is 19.4 Å². The zero-order valence-corrected chi connectivity index (χ0v) is 14.9. The number of likely N-dealkylation sites (tertiary alicyclic amines) is 1. The van der Waals surface area contributed by atoms with Crippen molar-refractivity contribution < 1.29 is 4.79 Å².